The molecule has 0 heterocycles. The van der Waals surface area contributed by atoms with Gasteiger partial charge in [-0.3, -0.25) is 0 Å². The molecule has 0 fully saturated rings. The van der Waals surface area contributed by atoms with Crippen molar-refractivity contribution in [2.24, 2.45) is 0 Å². The number of hydrogen-bond acceptors (Lipinski definition) is 2. The molecule has 6 rings (SSSR count). The Morgan fingerprint density at radius 1 is 0.526 bits per heavy atom. The maximum Gasteiger partial charge on any atom is 0.208 e. The van der Waals surface area contributed by atoms with Crippen molar-refractivity contribution in [1.29, 1.82) is 0 Å². The highest BCUT2D eigenvalue weighted by molar-refractivity contribution is 7.97. The zero-order valence-corrected chi connectivity index (χ0v) is 21.9. The van der Waals surface area contributed by atoms with Crippen LogP contribution in [0.25, 0.3) is 21.5 Å². The lowest BCUT2D eigenvalue weighted by Gasteiger charge is -2.14. The van der Waals surface area contributed by atoms with E-state index in [1.165, 1.54) is 36.9 Å². The lowest BCUT2D eigenvalue weighted by molar-refractivity contribution is 0.0154. The summed E-state index contributed by atoms with van der Waals surface area (Å²) in [7, 11) is -0.273. The molecule has 0 amide bonds. The summed E-state index contributed by atoms with van der Waals surface area (Å²) in [6.45, 7) is 0.802. The monoisotopic (exact) mass is 513 g/mol. The van der Waals surface area contributed by atoms with E-state index in [9.17, 15) is 0 Å². The first-order chi connectivity index (χ1) is 18.9. The van der Waals surface area contributed by atoms with Gasteiger partial charge in [0.25, 0.3) is 0 Å². The van der Waals surface area contributed by atoms with Crippen molar-refractivity contribution in [3.63, 3.8) is 0 Å². The average Bonchev–Trinajstić information content (AvgIpc) is 2.99. The van der Waals surface area contributed by atoms with Crippen molar-refractivity contribution in [3.05, 3.63) is 145 Å². The van der Waals surface area contributed by atoms with Crippen LogP contribution in [0.5, 0.6) is 5.75 Å². The molecule has 6 aromatic rings. The smallest absolute Gasteiger partial charge is 0.208 e. The molecule has 6 aromatic carbocycles. The molecular weight excluding hydrogens is 484 g/mol. The highest BCUT2D eigenvalue weighted by Gasteiger charge is 2.31. The van der Waals surface area contributed by atoms with Crippen LogP contribution in [0, 0.1) is 0 Å². The Morgan fingerprint density at radius 3 is 1.84 bits per heavy atom. The highest BCUT2D eigenvalue weighted by Crippen LogP contribution is 2.36. The van der Waals surface area contributed by atoms with Gasteiger partial charge in [-0.2, -0.15) is 0 Å². The summed E-state index contributed by atoms with van der Waals surface area (Å²) in [6.07, 6.45) is 0.828. The van der Waals surface area contributed by atoms with Gasteiger partial charge in [0, 0.05) is 0 Å². The summed E-state index contributed by atoms with van der Waals surface area (Å²) in [5, 5.41) is 5.13. The molecule has 0 bridgehead atoms. The second kappa shape index (κ2) is 11.6. The predicted octanol–water partition coefficient (Wildman–Crippen LogP) is 8.68. The van der Waals surface area contributed by atoms with Crippen LogP contribution in [0.15, 0.2) is 154 Å². The van der Waals surface area contributed by atoms with E-state index in [-0.39, 0.29) is 17.7 Å². The van der Waals surface area contributed by atoms with Crippen LogP contribution in [-0.2, 0) is 22.1 Å². The zero-order chi connectivity index (χ0) is 25.6. The minimum Gasteiger partial charge on any atom is -0.462 e. The fourth-order valence-corrected chi connectivity index (χ4v) is 7.11. The summed E-state index contributed by atoms with van der Waals surface area (Å²) in [6, 6.07) is 49.1. The summed E-state index contributed by atoms with van der Waals surface area (Å²) in [5.74, 6) is 0.861. The molecule has 2 nitrogen and oxygen atoms in total. The highest BCUT2D eigenvalue weighted by atomic mass is 32.2. The van der Waals surface area contributed by atoms with Gasteiger partial charge in [-0.1, -0.05) is 103 Å². The molecule has 38 heavy (non-hydrogen) atoms. The van der Waals surface area contributed by atoms with Crippen LogP contribution in [0.1, 0.15) is 5.56 Å². The van der Waals surface area contributed by atoms with Crippen LogP contribution in [0.3, 0.4) is 0 Å². The van der Waals surface area contributed by atoms with E-state index in [4.69, 9.17) is 9.47 Å². The summed E-state index contributed by atoms with van der Waals surface area (Å²) >= 11 is 0. The van der Waals surface area contributed by atoms with Gasteiger partial charge in [-0.15, -0.1) is 0 Å². The van der Waals surface area contributed by atoms with E-state index < -0.39 is 0 Å². The maximum atomic E-state index is 6.24. The van der Waals surface area contributed by atoms with Crippen LogP contribution < -0.4 is 4.74 Å². The van der Waals surface area contributed by atoms with E-state index in [0.717, 1.165) is 17.1 Å². The van der Waals surface area contributed by atoms with Crippen LogP contribution >= 0.6 is 0 Å². The zero-order valence-electron chi connectivity index (χ0n) is 21.1. The van der Waals surface area contributed by atoms with Crippen molar-refractivity contribution in [1.82, 2.24) is 0 Å². The standard InChI is InChI=1S/C35H29O2S/c1-3-14-29(15-4-1)38(30-16-5-2-6-17-30)35-22-12-11-21-34(35)37-26-36-24-23-28-25-27-13-7-8-18-31(27)33-20-10-9-19-32(28)33/h1-22,25H,23-24,26H2/q+1. The average molecular weight is 514 g/mol. The molecule has 0 aliphatic carbocycles. The van der Waals surface area contributed by atoms with Crippen molar-refractivity contribution < 1.29 is 9.47 Å². The number of ether oxygens (including phenoxy) is 2. The quantitative estimate of drug-likeness (QED) is 0.0833. The fourth-order valence-electron chi connectivity index (χ4n) is 4.93. The molecule has 3 heteroatoms. The fraction of sp³-hybridized carbons (Fsp3) is 0.0857. The molecule has 0 radical (unpaired) electrons. The molecule has 0 aliphatic rings. The van der Waals surface area contributed by atoms with Crippen molar-refractivity contribution in [3.8, 4) is 5.75 Å². The third-order valence-electron chi connectivity index (χ3n) is 6.69. The SMILES string of the molecule is c1ccc([S+](c2ccccc2)c2ccccc2OCOCCc2cc3ccccc3c3ccccc23)cc1. The molecule has 0 unspecified atom stereocenters. The van der Waals surface area contributed by atoms with Crippen molar-refractivity contribution in [2.75, 3.05) is 13.4 Å². The van der Waals surface area contributed by atoms with Gasteiger partial charge >= 0.3 is 0 Å². The molecule has 0 saturated heterocycles. The van der Waals surface area contributed by atoms with Gasteiger partial charge in [0.15, 0.2) is 22.3 Å². The van der Waals surface area contributed by atoms with E-state index >= 15 is 0 Å². The lowest BCUT2D eigenvalue weighted by atomic mass is 9.96. The molecular formula is C35H29O2S+. The third-order valence-corrected chi connectivity index (χ3v) is 8.96. The van der Waals surface area contributed by atoms with Gasteiger partial charge in [0.1, 0.15) is 10.9 Å². The lowest BCUT2D eigenvalue weighted by Crippen LogP contribution is -2.10. The number of fused-ring (bicyclic) bond motifs is 3. The number of benzene rings is 6. The maximum absolute atomic E-state index is 6.24. The predicted molar refractivity (Wildman–Crippen MR) is 158 cm³/mol. The number of hydrogen-bond donors (Lipinski definition) is 0. The summed E-state index contributed by atoms with van der Waals surface area (Å²) in [5.41, 5.74) is 1.30. The van der Waals surface area contributed by atoms with Crippen LogP contribution in [0.2, 0.25) is 0 Å². The Kier molecular flexibility index (Phi) is 7.39. The Balaban J connectivity index is 1.18. The van der Waals surface area contributed by atoms with Gasteiger partial charge in [0.05, 0.1) is 6.61 Å². The molecule has 0 spiro atoms. The molecule has 0 aromatic heterocycles. The number of para-hydroxylation sites is 1. The summed E-state index contributed by atoms with van der Waals surface area (Å²) < 4.78 is 12.3. The van der Waals surface area contributed by atoms with E-state index in [2.05, 4.69) is 127 Å². The van der Waals surface area contributed by atoms with Crippen LogP contribution in [-0.4, -0.2) is 13.4 Å². The molecule has 0 aliphatic heterocycles. The largest absolute Gasteiger partial charge is 0.462 e. The minimum absolute atomic E-state index is 0.212. The molecule has 0 atom stereocenters. The van der Waals surface area contributed by atoms with E-state index in [0.29, 0.717) is 6.61 Å². The second-order valence-electron chi connectivity index (χ2n) is 9.10. The second-order valence-corrected chi connectivity index (χ2v) is 11.1. The Bertz CT molecular complexity index is 1610. The Hall–Kier alpha value is -4.05. The third kappa shape index (κ3) is 5.17. The van der Waals surface area contributed by atoms with Gasteiger partial charge in [0.2, 0.25) is 4.90 Å². The van der Waals surface area contributed by atoms with Gasteiger partial charge in [-0.25, -0.2) is 0 Å². The first-order valence-corrected chi connectivity index (χ1v) is 14.1. The van der Waals surface area contributed by atoms with Gasteiger partial charge < -0.3 is 9.47 Å². The number of rotatable bonds is 9. The summed E-state index contributed by atoms with van der Waals surface area (Å²) in [4.78, 5) is 3.69. The van der Waals surface area contributed by atoms with Gasteiger partial charge in [-0.05, 0) is 69.9 Å². The van der Waals surface area contributed by atoms with Crippen molar-refractivity contribution in [2.45, 2.75) is 21.1 Å². The van der Waals surface area contributed by atoms with Crippen molar-refractivity contribution >= 4 is 32.4 Å². The Labute approximate surface area is 226 Å². The van der Waals surface area contributed by atoms with E-state index in [1.807, 2.05) is 12.1 Å². The minimum atomic E-state index is -0.273. The Morgan fingerprint density at radius 2 is 1.11 bits per heavy atom. The molecule has 186 valence electrons. The van der Waals surface area contributed by atoms with E-state index in [1.54, 1.807) is 0 Å². The molecule has 0 saturated carbocycles. The first kappa shape index (κ1) is 24.3. The normalized spacial score (nSPS) is 11.3. The molecule has 0 N–H and O–H groups in total. The first-order valence-electron chi connectivity index (χ1n) is 12.9. The van der Waals surface area contributed by atoms with Crippen LogP contribution in [0.4, 0.5) is 0 Å². The topological polar surface area (TPSA) is 18.5 Å².